The van der Waals surface area contributed by atoms with E-state index in [9.17, 15) is 18.0 Å². The predicted octanol–water partition coefficient (Wildman–Crippen LogP) is 3.59. The monoisotopic (exact) mass is 362 g/mol. The Morgan fingerprint density at radius 2 is 2.15 bits per heavy atom. The average molecular weight is 362 g/mol. The van der Waals surface area contributed by atoms with Gasteiger partial charge in [0.05, 0.1) is 23.2 Å². The second-order valence-electron chi connectivity index (χ2n) is 5.89. The summed E-state index contributed by atoms with van der Waals surface area (Å²) >= 11 is 0. The fourth-order valence-electron chi connectivity index (χ4n) is 2.99. The first-order chi connectivity index (χ1) is 12.3. The minimum absolute atomic E-state index is 0.0451. The Bertz CT molecular complexity index is 959. The van der Waals surface area contributed by atoms with Crippen molar-refractivity contribution in [2.45, 2.75) is 13.1 Å². The molecule has 0 saturated carbocycles. The van der Waals surface area contributed by atoms with Crippen LogP contribution in [0.3, 0.4) is 0 Å². The molecule has 26 heavy (non-hydrogen) atoms. The van der Waals surface area contributed by atoms with Crippen LogP contribution >= 0.6 is 0 Å². The molecule has 0 radical (unpaired) electrons. The smallest absolute Gasteiger partial charge is 0.416 e. The van der Waals surface area contributed by atoms with Gasteiger partial charge >= 0.3 is 6.18 Å². The Morgan fingerprint density at radius 3 is 2.92 bits per heavy atom. The summed E-state index contributed by atoms with van der Waals surface area (Å²) in [6.45, 7) is 2.83. The average Bonchev–Trinajstić information content (AvgIpc) is 3.16. The molecule has 4 rings (SSSR count). The Kier molecular flexibility index (Phi) is 3.60. The standard InChI is InChI=1S/C17H13F3N4O2/c1-9-12(13-14-21-5-6-24(14)8-22-16(13)26-9)15(25)23-11-4-2-3-10(7-11)17(18,19)20/h2-4,7-8H,5-6H2,1H3,(H,23,25). The van der Waals surface area contributed by atoms with E-state index >= 15 is 0 Å². The number of nitrogens with one attached hydrogen (secondary N) is 1. The maximum atomic E-state index is 12.9. The van der Waals surface area contributed by atoms with E-state index in [-0.39, 0.29) is 17.1 Å². The van der Waals surface area contributed by atoms with Crippen molar-refractivity contribution in [3.63, 3.8) is 0 Å². The number of amidine groups is 1. The molecule has 1 N–H and O–H groups in total. The lowest BCUT2D eigenvalue weighted by Gasteiger charge is -2.18. The second kappa shape index (κ2) is 5.72. The molecule has 0 fully saturated rings. The summed E-state index contributed by atoms with van der Waals surface area (Å²) in [7, 11) is 0. The maximum absolute atomic E-state index is 12.9. The van der Waals surface area contributed by atoms with Crippen LogP contribution in [0.5, 0.6) is 0 Å². The summed E-state index contributed by atoms with van der Waals surface area (Å²) < 4.78 is 44.1. The Labute approximate surface area is 146 Å². The number of aryl methyl sites for hydroxylation is 1. The number of halogens is 3. The Balaban J connectivity index is 1.69. The zero-order valence-corrected chi connectivity index (χ0v) is 13.6. The largest absolute Gasteiger partial charge is 0.442 e. The van der Waals surface area contributed by atoms with Gasteiger partial charge in [-0.2, -0.15) is 13.2 Å². The van der Waals surface area contributed by atoms with Crippen molar-refractivity contribution in [2.75, 3.05) is 18.4 Å². The number of furan rings is 1. The molecule has 6 nitrogen and oxygen atoms in total. The molecular weight excluding hydrogens is 349 g/mol. The first kappa shape index (κ1) is 16.4. The first-order valence-corrected chi connectivity index (χ1v) is 7.82. The van der Waals surface area contributed by atoms with Gasteiger partial charge in [-0.05, 0) is 25.1 Å². The van der Waals surface area contributed by atoms with E-state index in [1.807, 2.05) is 0 Å². The summed E-state index contributed by atoms with van der Waals surface area (Å²) in [5.74, 6) is 0.612. The summed E-state index contributed by atoms with van der Waals surface area (Å²) in [6.07, 6.45) is -2.90. The van der Waals surface area contributed by atoms with Crippen molar-refractivity contribution < 1.29 is 22.4 Å². The summed E-state index contributed by atoms with van der Waals surface area (Å²) in [6, 6.07) is 4.47. The number of carbonyl (C=O) groups excluding carboxylic acids is 1. The molecule has 3 heterocycles. The van der Waals surface area contributed by atoms with Gasteiger partial charge in [0.15, 0.2) is 0 Å². The first-order valence-electron chi connectivity index (χ1n) is 7.82. The molecule has 0 unspecified atom stereocenters. The highest BCUT2D eigenvalue weighted by molar-refractivity contribution is 6.19. The van der Waals surface area contributed by atoms with Crippen LogP contribution in [0.4, 0.5) is 24.7 Å². The maximum Gasteiger partial charge on any atom is 0.416 e. The molecule has 1 aromatic heterocycles. The minimum atomic E-state index is -4.49. The number of nitrogens with zero attached hydrogens (tertiary/aromatic N) is 3. The van der Waals surface area contributed by atoms with E-state index in [1.54, 1.807) is 18.2 Å². The van der Waals surface area contributed by atoms with Gasteiger partial charge in [0.25, 0.3) is 5.91 Å². The third-order valence-electron chi connectivity index (χ3n) is 4.15. The van der Waals surface area contributed by atoms with E-state index in [0.29, 0.717) is 30.2 Å². The zero-order chi connectivity index (χ0) is 18.5. The number of aliphatic imine (C=N–C) groups is 2. The highest BCUT2D eigenvalue weighted by Gasteiger charge is 2.34. The van der Waals surface area contributed by atoms with Gasteiger partial charge in [0.2, 0.25) is 5.88 Å². The van der Waals surface area contributed by atoms with E-state index in [1.165, 1.54) is 12.1 Å². The number of amides is 1. The van der Waals surface area contributed by atoms with Crippen LogP contribution < -0.4 is 5.32 Å². The lowest BCUT2D eigenvalue weighted by atomic mass is 10.1. The quantitative estimate of drug-likeness (QED) is 0.888. The number of carbonyl (C=O) groups is 1. The molecule has 1 aromatic carbocycles. The van der Waals surface area contributed by atoms with Gasteiger partial charge in [-0.25, -0.2) is 4.99 Å². The molecule has 0 aliphatic carbocycles. The molecule has 0 atom stereocenters. The third kappa shape index (κ3) is 2.65. The van der Waals surface area contributed by atoms with Crippen LogP contribution in [-0.4, -0.2) is 36.1 Å². The van der Waals surface area contributed by atoms with Gasteiger partial charge in [-0.1, -0.05) is 6.07 Å². The van der Waals surface area contributed by atoms with Crippen LogP contribution in [0, 0.1) is 6.92 Å². The molecule has 0 saturated heterocycles. The second-order valence-corrected chi connectivity index (χ2v) is 5.89. The summed E-state index contributed by atoms with van der Waals surface area (Å²) in [5.41, 5.74) is -0.104. The molecule has 134 valence electrons. The highest BCUT2D eigenvalue weighted by Crippen LogP contribution is 2.35. The molecule has 2 aliphatic heterocycles. The lowest BCUT2D eigenvalue weighted by molar-refractivity contribution is -0.137. The molecule has 2 aromatic rings. The number of alkyl halides is 3. The number of hydrogen-bond donors (Lipinski definition) is 1. The van der Waals surface area contributed by atoms with Crippen LogP contribution in [0.2, 0.25) is 0 Å². The number of fused-ring (bicyclic) bond motifs is 3. The lowest BCUT2D eigenvalue weighted by Crippen LogP contribution is -2.30. The van der Waals surface area contributed by atoms with Crippen molar-refractivity contribution in [1.29, 1.82) is 0 Å². The Morgan fingerprint density at radius 1 is 1.35 bits per heavy atom. The Hall–Kier alpha value is -3.10. The zero-order valence-electron chi connectivity index (χ0n) is 13.6. The van der Waals surface area contributed by atoms with Crippen molar-refractivity contribution in [3.8, 4) is 0 Å². The fraction of sp³-hybridized carbons (Fsp3) is 0.235. The van der Waals surface area contributed by atoms with Crippen molar-refractivity contribution in [2.24, 2.45) is 9.98 Å². The van der Waals surface area contributed by atoms with Crippen molar-refractivity contribution in [1.82, 2.24) is 4.90 Å². The van der Waals surface area contributed by atoms with Crippen molar-refractivity contribution in [3.05, 3.63) is 46.7 Å². The number of anilines is 1. The molecule has 0 spiro atoms. The van der Waals surface area contributed by atoms with Crippen LogP contribution in [0.15, 0.2) is 38.7 Å². The third-order valence-corrected chi connectivity index (χ3v) is 4.15. The van der Waals surface area contributed by atoms with Gasteiger partial charge in [0, 0.05) is 12.2 Å². The highest BCUT2D eigenvalue weighted by atomic mass is 19.4. The molecule has 1 amide bonds. The van der Waals surface area contributed by atoms with E-state index < -0.39 is 17.6 Å². The summed E-state index contributed by atoms with van der Waals surface area (Å²) in [4.78, 5) is 23.1. The molecule has 0 bridgehead atoms. The minimum Gasteiger partial charge on any atom is -0.442 e. The van der Waals surface area contributed by atoms with Gasteiger partial charge in [0.1, 0.15) is 17.9 Å². The van der Waals surface area contributed by atoms with Crippen LogP contribution in [0.25, 0.3) is 0 Å². The van der Waals surface area contributed by atoms with Crippen LogP contribution in [-0.2, 0) is 6.18 Å². The number of hydrogen-bond acceptors (Lipinski definition) is 5. The van der Waals surface area contributed by atoms with E-state index in [2.05, 4.69) is 15.3 Å². The topological polar surface area (TPSA) is 70.2 Å². The molecular formula is C17H13F3N4O2. The fourth-order valence-corrected chi connectivity index (χ4v) is 2.99. The predicted molar refractivity (Wildman–Crippen MR) is 89.1 cm³/mol. The van der Waals surface area contributed by atoms with E-state index in [0.717, 1.165) is 12.1 Å². The van der Waals surface area contributed by atoms with Gasteiger partial charge in [-0.3, -0.25) is 9.79 Å². The van der Waals surface area contributed by atoms with Gasteiger partial charge in [-0.15, -0.1) is 0 Å². The summed E-state index contributed by atoms with van der Waals surface area (Å²) in [5, 5.41) is 2.50. The van der Waals surface area contributed by atoms with E-state index in [4.69, 9.17) is 4.42 Å². The SMILES string of the molecule is Cc1oc2c(c1C(=O)Nc1cccc(C(F)(F)F)c1)C1=NCCN1C=N2. The molecule has 2 aliphatic rings. The number of benzene rings is 1. The van der Waals surface area contributed by atoms with Crippen LogP contribution in [0.1, 0.15) is 27.2 Å². The van der Waals surface area contributed by atoms with Crippen molar-refractivity contribution >= 4 is 29.7 Å². The number of rotatable bonds is 2. The van der Waals surface area contributed by atoms with Gasteiger partial charge < -0.3 is 14.6 Å². The molecule has 9 heteroatoms. The normalized spacial score (nSPS) is 15.5.